The van der Waals surface area contributed by atoms with E-state index in [1.165, 1.54) is 0 Å². The molecule has 3 nitrogen and oxygen atoms in total. The van der Waals surface area contributed by atoms with Crippen molar-refractivity contribution in [1.82, 2.24) is 0 Å². The van der Waals surface area contributed by atoms with E-state index in [-0.39, 0.29) is 18.0 Å². The van der Waals surface area contributed by atoms with E-state index in [4.69, 9.17) is 9.47 Å². The summed E-state index contributed by atoms with van der Waals surface area (Å²) in [7, 11) is 0. The summed E-state index contributed by atoms with van der Waals surface area (Å²) in [6.45, 7) is 10.9. The Morgan fingerprint density at radius 3 is 2.20 bits per heavy atom. The Morgan fingerprint density at radius 1 is 1.20 bits per heavy atom. The largest absolute Gasteiger partial charge is 0.463 e. The summed E-state index contributed by atoms with van der Waals surface area (Å²) < 4.78 is 10.5. The van der Waals surface area contributed by atoms with Crippen molar-refractivity contribution in [3.8, 4) is 0 Å². The van der Waals surface area contributed by atoms with Crippen LogP contribution in [-0.4, -0.2) is 25.3 Å². The minimum atomic E-state index is -0.132. The standard InChI is InChI=1S/C12H24O3/c1-6-10(5)11(8-14-7-2)12(13)15-9(3)4/h9-11H,6-8H2,1-5H3. The molecule has 0 aromatic rings. The maximum Gasteiger partial charge on any atom is 0.311 e. The molecule has 2 unspecified atom stereocenters. The van der Waals surface area contributed by atoms with E-state index in [0.29, 0.717) is 19.1 Å². The molecule has 0 heterocycles. The lowest BCUT2D eigenvalue weighted by Gasteiger charge is -2.22. The molecule has 0 aliphatic heterocycles. The van der Waals surface area contributed by atoms with Crippen LogP contribution in [0.2, 0.25) is 0 Å². The first-order valence-electron chi connectivity index (χ1n) is 5.81. The summed E-state index contributed by atoms with van der Waals surface area (Å²) in [5.74, 6) is 0.0490. The molecule has 0 rings (SSSR count). The molecule has 0 aromatic heterocycles. The van der Waals surface area contributed by atoms with Gasteiger partial charge in [0.05, 0.1) is 18.6 Å². The molecule has 0 saturated heterocycles. The van der Waals surface area contributed by atoms with E-state index >= 15 is 0 Å². The lowest BCUT2D eigenvalue weighted by atomic mass is 9.92. The number of carbonyl (C=O) groups is 1. The molecule has 0 bridgehead atoms. The van der Waals surface area contributed by atoms with Crippen LogP contribution in [0.1, 0.15) is 41.0 Å². The van der Waals surface area contributed by atoms with Crippen LogP contribution in [0.3, 0.4) is 0 Å². The SMILES string of the molecule is CCOCC(C(=O)OC(C)C)C(C)CC. The van der Waals surface area contributed by atoms with Gasteiger partial charge in [0.15, 0.2) is 0 Å². The van der Waals surface area contributed by atoms with Crippen molar-refractivity contribution in [2.75, 3.05) is 13.2 Å². The first-order chi connectivity index (χ1) is 7.02. The van der Waals surface area contributed by atoms with Gasteiger partial charge >= 0.3 is 5.97 Å². The van der Waals surface area contributed by atoms with Gasteiger partial charge in [-0.25, -0.2) is 0 Å². The summed E-state index contributed by atoms with van der Waals surface area (Å²) in [5, 5.41) is 0. The second kappa shape index (κ2) is 7.69. The molecule has 0 spiro atoms. The van der Waals surface area contributed by atoms with E-state index in [1.54, 1.807) is 0 Å². The highest BCUT2D eigenvalue weighted by Gasteiger charge is 2.26. The highest BCUT2D eigenvalue weighted by molar-refractivity contribution is 5.73. The Kier molecular flexibility index (Phi) is 7.39. The molecule has 0 fully saturated rings. The van der Waals surface area contributed by atoms with Gasteiger partial charge in [-0.3, -0.25) is 4.79 Å². The Bertz CT molecular complexity index is 178. The average molecular weight is 216 g/mol. The predicted molar refractivity (Wildman–Crippen MR) is 60.7 cm³/mol. The third-order valence-electron chi connectivity index (χ3n) is 2.49. The minimum Gasteiger partial charge on any atom is -0.463 e. The molecule has 3 heteroatoms. The topological polar surface area (TPSA) is 35.5 Å². The van der Waals surface area contributed by atoms with Crippen LogP contribution in [0.5, 0.6) is 0 Å². The Hall–Kier alpha value is -0.570. The molecule has 0 N–H and O–H groups in total. The molecule has 0 aliphatic rings. The second-order valence-corrected chi connectivity index (χ2v) is 4.14. The van der Waals surface area contributed by atoms with Gasteiger partial charge < -0.3 is 9.47 Å². The number of hydrogen-bond donors (Lipinski definition) is 0. The summed E-state index contributed by atoms with van der Waals surface area (Å²) in [6, 6.07) is 0. The third kappa shape index (κ3) is 5.78. The molecular weight excluding hydrogens is 192 g/mol. The summed E-state index contributed by atoms with van der Waals surface area (Å²) in [5.41, 5.74) is 0. The van der Waals surface area contributed by atoms with E-state index in [9.17, 15) is 4.79 Å². The van der Waals surface area contributed by atoms with Crippen molar-refractivity contribution < 1.29 is 14.3 Å². The fourth-order valence-electron chi connectivity index (χ4n) is 1.31. The second-order valence-electron chi connectivity index (χ2n) is 4.14. The van der Waals surface area contributed by atoms with Gasteiger partial charge in [-0.1, -0.05) is 20.3 Å². The van der Waals surface area contributed by atoms with Crippen molar-refractivity contribution in [2.24, 2.45) is 11.8 Å². The van der Waals surface area contributed by atoms with E-state index < -0.39 is 0 Å². The van der Waals surface area contributed by atoms with Crippen LogP contribution in [0.4, 0.5) is 0 Å². The molecule has 2 atom stereocenters. The van der Waals surface area contributed by atoms with Gasteiger partial charge in [-0.15, -0.1) is 0 Å². The number of esters is 1. The van der Waals surface area contributed by atoms with Crippen molar-refractivity contribution in [2.45, 2.75) is 47.1 Å². The first kappa shape index (κ1) is 14.4. The van der Waals surface area contributed by atoms with Crippen molar-refractivity contribution in [3.63, 3.8) is 0 Å². The monoisotopic (exact) mass is 216 g/mol. The minimum absolute atomic E-state index is 0.0503. The van der Waals surface area contributed by atoms with Crippen LogP contribution >= 0.6 is 0 Å². The number of ether oxygens (including phenoxy) is 2. The van der Waals surface area contributed by atoms with E-state index in [1.807, 2.05) is 20.8 Å². The van der Waals surface area contributed by atoms with Crippen LogP contribution in [0, 0.1) is 11.8 Å². The van der Waals surface area contributed by atoms with Gasteiger partial charge in [-0.2, -0.15) is 0 Å². The van der Waals surface area contributed by atoms with Gasteiger partial charge in [-0.05, 0) is 26.7 Å². The van der Waals surface area contributed by atoms with Crippen molar-refractivity contribution in [3.05, 3.63) is 0 Å². The Labute approximate surface area is 93.1 Å². The highest BCUT2D eigenvalue weighted by Crippen LogP contribution is 2.18. The van der Waals surface area contributed by atoms with Crippen LogP contribution in [0.25, 0.3) is 0 Å². The highest BCUT2D eigenvalue weighted by atomic mass is 16.5. The molecule has 15 heavy (non-hydrogen) atoms. The zero-order valence-corrected chi connectivity index (χ0v) is 10.6. The molecule has 0 radical (unpaired) electrons. The number of rotatable bonds is 7. The Morgan fingerprint density at radius 2 is 1.80 bits per heavy atom. The van der Waals surface area contributed by atoms with Gasteiger partial charge in [0.2, 0.25) is 0 Å². The Balaban J connectivity index is 4.26. The molecule has 0 aromatic carbocycles. The van der Waals surface area contributed by atoms with E-state index in [2.05, 4.69) is 13.8 Å². The smallest absolute Gasteiger partial charge is 0.311 e. The lowest BCUT2D eigenvalue weighted by molar-refractivity contribution is -0.156. The lowest BCUT2D eigenvalue weighted by Crippen LogP contribution is -2.30. The summed E-state index contributed by atoms with van der Waals surface area (Å²) in [4.78, 5) is 11.8. The summed E-state index contributed by atoms with van der Waals surface area (Å²) in [6.07, 6.45) is 0.913. The van der Waals surface area contributed by atoms with Crippen molar-refractivity contribution >= 4 is 5.97 Å². The molecular formula is C12H24O3. The quantitative estimate of drug-likeness (QED) is 0.614. The molecule has 0 aliphatic carbocycles. The third-order valence-corrected chi connectivity index (χ3v) is 2.49. The average Bonchev–Trinajstić information content (AvgIpc) is 2.16. The fraction of sp³-hybridized carbons (Fsp3) is 0.917. The predicted octanol–water partition coefficient (Wildman–Crippen LogP) is 2.64. The zero-order valence-electron chi connectivity index (χ0n) is 10.6. The van der Waals surface area contributed by atoms with Crippen LogP contribution in [0.15, 0.2) is 0 Å². The van der Waals surface area contributed by atoms with Gasteiger partial charge in [0.25, 0.3) is 0 Å². The maximum absolute atomic E-state index is 11.8. The van der Waals surface area contributed by atoms with E-state index in [0.717, 1.165) is 6.42 Å². The number of hydrogen-bond acceptors (Lipinski definition) is 3. The summed E-state index contributed by atoms with van der Waals surface area (Å²) >= 11 is 0. The van der Waals surface area contributed by atoms with Gasteiger partial charge in [0.1, 0.15) is 0 Å². The maximum atomic E-state index is 11.8. The molecule has 90 valence electrons. The number of carbonyl (C=O) groups excluding carboxylic acids is 1. The van der Waals surface area contributed by atoms with Gasteiger partial charge in [0, 0.05) is 6.61 Å². The van der Waals surface area contributed by atoms with Crippen LogP contribution in [-0.2, 0) is 14.3 Å². The molecule has 0 saturated carbocycles. The first-order valence-corrected chi connectivity index (χ1v) is 5.81. The normalized spacial score (nSPS) is 15.1. The molecule has 0 amide bonds. The van der Waals surface area contributed by atoms with Crippen LogP contribution < -0.4 is 0 Å². The van der Waals surface area contributed by atoms with Crippen molar-refractivity contribution in [1.29, 1.82) is 0 Å². The fourth-order valence-corrected chi connectivity index (χ4v) is 1.31. The zero-order chi connectivity index (χ0) is 11.8.